The van der Waals surface area contributed by atoms with Gasteiger partial charge in [0.1, 0.15) is 0 Å². The van der Waals surface area contributed by atoms with Gasteiger partial charge in [-0.2, -0.15) is 15.7 Å². The molecule has 0 spiro atoms. The molecular weight excluding hydrogens is 278 g/mol. The van der Waals surface area contributed by atoms with E-state index in [1.165, 1.54) is 15.9 Å². The summed E-state index contributed by atoms with van der Waals surface area (Å²) in [7, 11) is -0.644. The molecule has 2 aromatic rings. The molecule has 4 nitrogen and oxygen atoms in total. The number of thiophene rings is 1. The summed E-state index contributed by atoms with van der Waals surface area (Å²) in [4.78, 5) is 3.93. The van der Waals surface area contributed by atoms with Crippen molar-refractivity contribution in [2.45, 2.75) is 38.9 Å². The lowest BCUT2D eigenvalue weighted by molar-refractivity contribution is 0.00578. The smallest absolute Gasteiger partial charge is 0.398 e. The highest BCUT2D eigenvalue weighted by Gasteiger charge is 2.52. The first-order chi connectivity index (χ1) is 9.30. The molecule has 1 aliphatic rings. The summed E-state index contributed by atoms with van der Waals surface area (Å²) >= 11 is 1.51. The quantitative estimate of drug-likeness (QED) is 0.798. The van der Waals surface area contributed by atoms with Crippen LogP contribution in [0.5, 0.6) is 0 Å². The minimum atomic E-state index is -0.644. The molecule has 20 heavy (non-hydrogen) atoms. The van der Waals surface area contributed by atoms with Gasteiger partial charge in [0.2, 0.25) is 0 Å². The topological polar surface area (TPSA) is 36.3 Å². The minimum Gasteiger partial charge on any atom is -0.398 e. The molecule has 1 aliphatic heterocycles. The fourth-order valence-corrected chi connectivity index (χ4v) is 2.66. The molecule has 1 saturated heterocycles. The van der Waals surface area contributed by atoms with E-state index in [0.29, 0.717) is 5.59 Å². The molecule has 1 fully saturated rings. The van der Waals surface area contributed by atoms with Gasteiger partial charge in [-0.1, -0.05) is 0 Å². The molecule has 0 bridgehead atoms. The van der Waals surface area contributed by atoms with E-state index in [1.807, 2.05) is 44.5 Å². The van der Waals surface area contributed by atoms with Crippen molar-refractivity contribution >= 4 is 24.0 Å². The van der Waals surface area contributed by atoms with Gasteiger partial charge in [0, 0.05) is 11.6 Å². The molecule has 7 heteroatoms. The second-order valence-electron chi connectivity index (χ2n) is 5.87. The second-order valence-corrected chi connectivity index (χ2v) is 6.65. The van der Waals surface area contributed by atoms with E-state index in [0.717, 1.165) is 5.69 Å². The Kier molecular flexibility index (Phi) is 3.04. The summed E-state index contributed by atoms with van der Waals surface area (Å²) in [5.74, 6) is 0. The highest BCUT2D eigenvalue weighted by molar-refractivity contribution is 7.08. The Morgan fingerprint density at radius 2 is 1.90 bits per heavy atom. The number of imidazole rings is 1. The van der Waals surface area contributed by atoms with Crippen LogP contribution in [0.3, 0.4) is 0 Å². The van der Waals surface area contributed by atoms with Crippen LogP contribution < -0.4 is 5.59 Å². The molecule has 3 heterocycles. The van der Waals surface area contributed by atoms with Crippen molar-refractivity contribution in [3.63, 3.8) is 0 Å². The highest BCUT2D eigenvalue weighted by Crippen LogP contribution is 2.36. The van der Waals surface area contributed by atoms with E-state index >= 15 is 0 Å². The average molecular weight is 294 g/mol. The van der Waals surface area contributed by atoms with Gasteiger partial charge in [0.25, 0.3) is 6.08 Å². The van der Waals surface area contributed by atoms with Crippen LogP contribution in [0.4, 0.5) is 4.39 Å². The normalized spacial score (nSPS) is 20.6. The summed E-state index contributed by atoms with van der Waals surface area (Å²) in [5, 5.41) is 3.75. The summed E-state index contributed by atoms with van der Waals surface area (Å²) in [6.07, 6.45) is 1.06. The molecule has 0 radical (unpaired) electrons. The van der Waals surface area contributed by atoms with Crippen LogP contribution in [-0.2, 0) is 9.31 Å². The fourth-order valence-electron chi connectivity index (χ4n) is 2.03. The maximum absolute atomic E-state index is 14.0. The minimum absolute atomic E-state index is 0.451. The van der Waals surface area contributed by atoms with E-state index in [4.69, 9.17) is 9.31 Å². The zero-order valence-corrected chi connectivity index (χ0v) is 12.7. The zero-order chi connectivity index (χ0) is 14.5. The number of rotatable bonds is 2. The number of aromatic nitrogens is 2. The van der Waals surface area contributed by atoms with Crippen molar-refractivity contribution in [3.05, 3.63) is 29.1 Å². The zero-order valence-electron chi connectivity index (χ0n) is 11.9. The fraction of sp³-hybridized carbons (Fsp3) is 0.462. The standard InChI is InChI=1S/C13H16BFN2O2S/c1-12(2)13(3,4)19-14(18-12)10-7-17(11(15)16-10)9-5-6-20-8-9/h5-8H,1-4H3. The first-order valence-corrected chi connectivity index (χ1v) is 7.37. The Bertz CT molecular complexity index is 608. The largest absolute Gasteiger partial charge is 0.516 e. The Hall–Kier alpha value is -1.18. The lowest BCUT2D eigenvalue weighted by atomic mass is 9.86. The van der Waals surface area contributed by atoms with Gasteiger partial charge >= 0.3 is 7.12 Å². The number of hydrogen-bond acceptors (Lipinski definition) is 4. The van der Waals surface area contributed by atoms with E-state index in [-0.39, 0.29) is 0 Å². The van der Waals surface area contributed by atoms with Crippen LogP contribution in [0.1, 0.15) is 27.7 Å². The van der Waals surface area contributed by atoms with Crippen molar-refractivity contribution in [1.29, 1.82) is 0 Å². The van der Waals surface area contributed by atoms with Gasteiger partial charge in [0.15, 0.2) is 0 Å². The Morgan fingerprint density at radius 1 is 1.25 bits per heavy atom. The molecular formula is C13H16BFN2O2S. The van der Waals surface area contributed by atoms with Crippen molar-refractivity contribution in [3.8, 4) is 5.69 Å². The van der Waals surface area contributed by atoms with Gasteiger partial charge in [-0.3, -0.25) is 4.57 Å². The maximum Gasteiger partial charge on any atom is 0.516 e. The SMILES string of the molecule is CC1(C)OB(c2cn(-c3ccsc3)c(F)n2)OC1(C)C. The van der Waals surface area contributed by atoms with Gasteiger partial charge in [-0.25, -0.2) is 4.98 Å². The lowest BCUT2D eigenvalue weighted by Crippen LogP contribution is -2.41. The van der Waals surface area contributed by atoms with Gasteiger partial charge in [-0.05, 0) is 39.1 Å². The third-order valence-corrected chi connectivity index (χ3v) is 4.63. The van der Waals surface area contributed by atoms with E-state index in [9.17, 15) is 4.39 Å². The molecule has 106 valence electrons. The van der Waals surface area contributed by atoms with E-state index in [1.54, 1.807) is 6.20 Å². The van der Waals surface area contributed by atoms with Gasteiger partial charge in [0.05, 0.1) is 22.5 Å². The second kappa shape index (κ2) is 4.41. The van der Waals surface area contributed by atoms with Crippen LogP contribution in [0.25, 0.3) is 5.69 Å². The molecule has 0 aliphatic carbocycles. The van der Waals surface area contributed by atoms with Crippen LogP contribution >= 0.6 is 11.3 Å². The maximum atomic E-state index is 14.0. The molecule has 0 saturated carbocycles. The summed E-state index contributed by atoms with van der Waals surface area (Å²) in [6.45, 7) is 7.83. The van der Waals surface area contributed by atoms with Gasteiger partial charge in [-0.15, -0.1) is 0 Å². The number of hydrogen-bond donors (Lipinski definition) is 0. The third-order valence-electron chi connectivity index (χ3n) is 3.96. The van der Waals surface area contributed by atoms with Crippen molar-refractivity contribution < 1.29 is 13.7 Å². The van der Waals surface area contributed by atoms with E-state index in [2.05, 4.69) is 4.98 Å². The first kappa shape index (κ1) is 13.8. The van der Waals surface area contributed by atoms with Crippen molar-refractivity contribution in [2.24, 2.45) is 0 Å². The Morgan fingerprint density at radius 3 is 2.45 bits per heavy atom. The molecule has 0 amide bonds. The monoisotopic (exact) mass is 294 g/mol. The third kappa shape index (κ3) is 2.10. The summed E-state index contributed by atoms with van der Waals surface area (Å²) in [6, 6.07) is 1.84. The number of nitrogens with zero attached hydrogens (tertiary/aromatic N) is 2. The van der Waals surface area contributed by atoms with Crippen LogP contribution in [0.15, 0.2) is 23.0 Å². The molecule has 0 aromatic carbocycles. The molecule has 2 aromatic heterocycles. The molecule has 3 rings (SSSR count). The number of halogens is 1. The lowest BCUT2D eigenvalue weighted by Gasteiger charge is -2.32. The highest BCUT2D eigenvalue weighted by atomic mass is 32.1. The first-order valence-electron chi connectivity index (χ1n) is 6.43. The molecule has 0 unspecified atom stereocenters. The van der Waals surface area contributed by atoms with E-state index < -0.39 is 24.4 Å². The summed E-state index contributed by atoms with van der Waals surface area (Å²) in [5.41, 5.74) is 0.288. The predicted molar refractivity (Wildman–Crippen MR) is 77.1 cm³/mol. The molecule has 0 atom stereocenters. The summed E-state index contributed by atoms with van der Waals surface area (Å²) < 4.78 is 27.1. The Labute approximate surface area is 121 Å². The average Bonchev–Trinajstić information content (AvgIpc) is 2.98. The van der Waals surface area contributed by atoms with Crippen LogP contribution in [0.2, 0.25) is 0 Å². The van der Waals surface area contributed by atoms with Crippen LogP contribution in [-0.4, -0.2) is 27.9 Å². The van der Waals surface area contributed by atoms with Crippen molar-refractivity contribution in [1.82, 2.24) is 9.55 Å². The van der Waals surface area contributed by atoms with Crippen molar-refractivity contribution in [2.75, 3.05) is 0 Å². The molecule has 0 N–H and O–H groups in total. The predicted octanol–water partition coefficient (Wildman–Crippen LogP) is 2.37. The Balaban J connectivity index is 1.92. The van der Waals surface area contributed by atoms with Gasteiger partial charge < -0.3 is 9.31 Å². The van der Waals surface area contributed by atoms with Crippen LogP contribution in [0, 0.1) is 6.08 Å².